The van der Waals surface area contributed by atoms with E-state index >= 15 is 0 Å². The third-order valence-corrected chi connectivity index (χ3v) is 4.90. The Morgan fingerprint density at radius 1 is 1.16 bits per heavy atom. The molecule has 2 aromatic carbocycles. The molecule has 0 fully saturated rings. The number of fused-ring (bicyclic) bond motifs is 1. The molecule has 2 amide bonds. The van der Waals surface area contributed by atoms with Gasteiger partial charge in [0.05, 0.1) is 31.5 Å². The molecule has 9 nitrogen and oxygen atoms in total. The zero-order chi connectivity index (χ0) is 22.0. The summed E-state index contributed by atoms with van der Waals surface area (Å²) in [7, 11) is 3.10. The number of carbonyl (C=O) groups excluding carboxylic acids is 2. The maximum Gasteiger partial charge on any atom is 0.273 e. The highest BCUT2D eigenvalue weighted by Crippen LogP contribution is 2.34. The van der Waals surface area contributed by atoms with Crippen molar-refractivity contribution in [3.05, 3.63) is 53.7 Å². The first-order chi connectivity index (χ1) is 15.0. The molecular weight excluding hydrogens is 402 g/mol. The minimum Gasteiger partial charge on any atom is -0.497 e. The van der Waals surface area contributed by atoms with Gasteiger partial charge in [0, 0.05) is 6.07 Å². The fraction of sp³-hybridized carbons (Fsp3) is 0.227. The normalized spacial score (nSPS) is 13.5. The van der Waals surface area contributed by atoms with Crippen LogP contribution in [0, 0.1) is 0 Å². The third kappa shape index (κ3) is 4.16. The number of amides is 2. The summed E-state index contributed by atoms with van der Waals surface area (Å²) in [6, 6.07) is 11.8. The van der Waals surface area contributed by atoms with Crippen molar-refractivity contribution in [2.75, 3.05) is 26.1 Å². The van der Waals surface area contributed by atoms with Gasteiger partial charge in [-0.2, -0.15) is 0 Å². The van der Waals surface area contributed by atoms with E-state index in [0.29, 0.717) is 34.3 Å². The average molecular weight is 423 g/mol. The van der Waals surface area contributed by atoms with Crippen LogP contribution in [0.4, 0.5) is 5.69 Å². The van der Waals surface area contributed by atoms with Gasteiger partial charge in [-0.25, -0.2) is 0 Å². The second kappa shape index (κ2) is 8.39. The van der Waals surface area contributed by atoms with E-state index in [1.165, 1.54) is 0 Å². The van der Waals surface area contributed by atoms with Crippen LogP contribution < -0.4 is 24.8 Å². The lowest BCUT2D eigenvalue weighted by molar-refractivity contribution is -0.118. The quantitative estimate of drug-likeness (QED) is 0.626. The van der Waals surface area contributed by atoms with Crippen LogP contribution in [-0.4, -0.2) is 37.8 Å². The molecule has 1 aromatic heterocycles. The fourth-order valence-corrected chi connectivity index (χ4v) is 3.24. The number of rotatable bonds is 6. The molecule has 0 radical (unpaired) electrons. The van der Waals surface area contributed by atoms with Crippen LogP contribution in [-0.2, 0) is 4.79 Å². The molecule has 9 heteroatoms. The molecule has 2 N–H and O–H groups in total. The number of nitrogens with one attached hydrogen (secondary N) is 2. The molecular formula is C22H21N3O6. The smallest absolute Gasteiger partial charge is 0.273 e. The summed E-state index contributed by atoms with van der Waals surface area (Å²) < 4.78 is 21.3. The first-order valence-corrected chi connectivity index (χ1v) is 9.55. The van der Waals surface area contributed by atoms with Gasteiger partial charge in [-0.05, 0) is 42.8 Å². The Morgan fingerprint density at radius 2 is 2.00 bits per heavy atom. The van der Waals surface area contributed by atoms with Gasteiger partial charge < -0.3 is 29.4 Å². The number of anilines is 1. The lowest BCUT2D eigenvalue weighted by Crippen LogP contribution is -2.28. The Hall–Kier alpha value is -4.01. The van der Waals surface area contributed by atoms with Crippen molar-refractivity contribution in [3.63, 3.8) is 0 Å². The Balaban J connectivity index is 1.51. The van der Waals surface area contributed by atoms with Crippen molar-refractivity contribution in [1.82, 2.24) is 10.5 Å². The average Bonchev–Trinajstić information content (AvgIpc) is 3.28. The van der Waals surface area contributed by atoms with Crippen LogP contribution in [0.3, 0.4) is 0 Å². The molecule has 1 aliphatic rings. The van der Waals surface area contributed by atoms with E-state index in [9.17, 15) is 9.59 Å². The van der Waals surface area contributed by atoms with Crippen LogP contribution in [0.5, 0.6) is 17.2 Å². The van der Waals surface area contributed by atoms with Crippen LogP contribution in [0.25, 0.3) is 11.3 Å². The first kappa shape index (κ1) is 20.3. The summed E-state index contributed by atoms with van der Waals surface area (Å²) in [5, 5.41) is 9.52. The van der Waals surface area contributed by atoms with Crippen molar-refractivity contribution in [2.45, 2.75) is 13.0 Å². The van der Waals surface area contributed by atoms with E-state index in [0.717, 1.165) is 5.56 Å². The second-order valence-electron chi connectivity index (χ2n) is 6.93. The SMILES string of the molecule is COc1ccc(OC)c(-c2cc(C(=O)NC(C)c3ccc4c(c3)NC(=O)CO4)no2)c1. The number of methoxy groups -OCH3 is 2. The molecule has 0 saturated heterocycles. The topological polar surface area (TPSA) is 112 Å². The zero-order valence-corrected chi connectivity index (χ0v) is 17.2. The monoisotopic (exact) mass is 423 g/mol. The minimum atomic E-state index is -0.401. The van der Waals surface area contributed by atoms with Crippen LogP contribution >= 0.6 is 0 Å². The summed E-state index contributed by atoms with van der Waals surface area (Å²) in [5.74, 6) is 1.54. The maximum atomic E-state index is 12.7. The molecule has 0 aliphatic carbocycles. The van der Waals surface area contributed by atoms with Crippen LogP contribution in [0.1, 0.15) is 29.0 Å². The lowest BCUT2D eigenvalue weighted by atomic mass is 10.1. The van der Waals surface area contributed by atoms with E-state index in [4.69, 9.17) is 18.7 Å². The van der Waals surface area contributed by atoms with Gasteiger partial charge in [-0.1, -0.05) is 11.2 Å². The molecule has 1 unspecified atom stereocenters. The molecule has 31 heavy (non-hydrogen) atoms. The minimum absolute atomic E-state index is 0.00873. The van der Waals surface area contributed by atoms with Crippen LogP contribution in [0.2, 0.25) is 0 Å². The molecule has 1 aliphatic heterocycles. The second-order valence-corrected chi connectivity index (χ2v) is 6.93. The highest BCUT2D eigenvalue weighted by Gasteiger charge is 2.21. The molecule has 0 spiro atoms. The molecule has 0 bridgehead atoms. The van der Waals surface area contributed by atoms with Crippen molar-refractivity contribution in [1.29, 1.82) is 0 Å². The Labute approximate surface area is 178 Å². The number of carbonyl (C=O) groups is 2. The number of hydrogen-bond donors (Lipinski definition) is 2. The van der Waals surface area contributed by atoms with Gasteiger partial charge in [0.15, 0.2) is 18.1 Å². The van der Waals surface area contributed by atoms with Gasteiger partial charge in [0.25, 0.3) is 11.8 Å². The van der Waals surface area contributed by atoms with Gasteiger partial charge in [-0.3, -0.25) is 9.59 Å². The molecule has 2 heterocycles. The van der Waals surface area contributed by atoms with Crippen molar-refractivity contribution in [3.8, 4) is 28.6 Å². The Bertz CT molecular complexity index is 1140. The third-order valence-electron chi connectivity index (χ3n) is 4.90. The predicted octanol–water partition coefficient (Wildman–Crippen LogP) is 3.18. The molecule has 4 rings (SSSR count). The summed E-state index contributed by atoms with van der Waals surface area (Å²) in [5.41, 5.74) is 2.12. The number of aromatic nitrogens is 1. The van der Waals surface area contributed by atoms with Crippen LogP contribution in [0.15, 0.2) is 47.0 Å². The summed E-state index contributed by atoms with van der Waals surface area (Å²) in [6.07, 6.45) is 0. The Kier molecular flexibility index (Phi) is 5.48. The van der Waals surface area contributed by atoms with Crippen molar-refractivity contribution < 1.29 is 28.3 Å². The summed E-state index contributed by atoms with van der Waals surface area (Å²) in [6.45, 7) is 1.82. The fourth-order valence-electron chi connectivity index (χ4n) is 3.24. The largest absolute Gasteiger partial charge is 0.497 e. The number of ether oxygens (including phenoxy) is 3. The molecule has 3 aromatic rings. The molecule has 160 valence electrons. The van der Waals surface area contributed by atoms with E-state index in [-0.39, 0.29) is 24.2 Å². The summed E-state index contributed by atoms with van der Waals surface area (Å²) >= 11 is 0. The van der Waals surface area contributed by atoms with E-state index in [1.807, 2.05) is 13.0 Å². The van der Waals surface area contributed by atoms with Gasteiger partial charge in [0.2, 0.25) is 0 Å². The van der Waals surface area contributed by atoms with Gasteiger partial charge in [0.1, 0.15) is 17.2 Å². The van der Waals surface area contributed by atoms with E-state index in [2.05, 4.69) is 15.8 Å². The predicted molar refractivity (Wildman–Crippen MR) is 111 cm³/mol. The highest BCUT2D eigenvalue weighted by atomic mass is 16.5. The van der Waals surface area contributed by atoms with Gasteiger partial charge in [-0.15, -0.1) is 0 Å². The van der Waals surface area contributed by atoms with Crippen molar-refractivity contribution in [2.24, 2.45) is 0 Å². The first-order valence-electron chi connectivity index (χ1n) is 9.55. The van der Waals surface area contributed by atoms with Crippen molar-refractivity contribution >= 4 is 17.5 Å². The summed E-state index contributed by atoms with van der Waals surface area (Å²) in [4.78, 5) is 24.2. The molecule has 1 atom stereocenters. The lowest BCUT2D eigenvalue weighted by Gasteiger charge is -2.20. The molecule has 0 saturated carbocycles. The highest BCUT2D eigenvalue weighted by molar-refractivity contribution is 5.96. The standard InChI is InChI=1S/C22H21N3O6/c1-12(13-4-6-19-16(8-13)24-21(26)11-30-19)23-22(27)17-10-20(31-25-17)15-9-14(28-2)5-7-18(15)29-3/h4-10,12H,11H2,1-3H3,(H,23,27)(H,24,26). The Morgan fingerprint density at radius 3 is 2.77 bits per heavy atom. The maximum absolute atomic E-state index is 12.7. The number of benzene rings is 2. The zero-order valence-electron chi connectivity index (χ0n) is 17.2. The van der Waals surface area contributed by atoms with E-state index < -0.39 is 5.91 Å². The number of hydrogen-bond acceptors (Lipinski definition) is 7. The number of nitrogens with zero attached hydrogens (tertiary/aromatic N) is 1. The van der Waals surface area contributed by atoms with E-state index in [1.54, 1.807) is 50.6 Å². The van der Waals surface area contributed by atoms with Gasteiger partial charge >= 0.3 is 0 Å².